The average Bonchev–Trinajstić information content (AvgIpc) is 2.58. The largest absolute Gasteiger partial charge is 2.00 e. The molecular formula is C13H18Rh+2. The van der Waals surface area contributed by atoms with E-state index in [0.717, 1.165) is 6.42 Å². The topological polar surface area (TPSA) is 0 Å². The normalized spacial score (nSPS) is 22.3. The minimum Gasteiger partial charge on any atom is -0.0845 e. The second-order valence-electron chi connectivity index (χ2n) is 3.23. The minimum absolute atomic E-state index is 0. The van der Waals surface area contributed by atoms with Gasteiger partial charge in [0.15, 0.2) is 0 Å². The van der Waals surface area contributed by atoms with Crippen LogP contribution in [0.4, 0.5) is 0 Å². The third-order valence-electron chi connectivity index (χ3n) is 2.03. The van der Waals surface area contributed by atoms with Crippen LogP contribution in [-0.4, -0.2) is 0 Å². The molecule has 2 aliphatic rings. The van der Waals surface area contributed by atoms with Crippen molar-refractivity contribution >= 4 is 0 Å². The molecule has 0 spiro atoms. The van der Waals surface area contributed by atoms with Gasteiger partial charge in [0.25, 0.3) is 0 Å². The van der Waals surface area contributed by atoms with E-state index in [4.69, 9.17) is 0 Å². The smallest absolute Gasteiger partial charge is 0.0845 e. The first-order chi connectivity index (χ1) is 6.50. The molecular weight excluding hydrogens is 259 g/mol. The third kappa shape index (κ3) is 8.19. The van der Waals surface area contributed by atoms with Gasteiger partial charge in [0, 0.05) is 0 Å². The molecule has 1 radical (unpaired) electrons. The Bertz CT molecular complexity index is 197. The fourth-order valence-corrected chi connectivity index (χ4v) is 1.27. The zero-order chi connectivity index (χ0) is 9.19. The standard InChI is InChI=1S/C8H12.C5H6.Rh/c1-2-4-6-8-7-5-3-1;1-2-4-5-3-1;/h1-4H,5-8H2;1-4H,5H2;/q;;+2/b3-1-,4-2-;;. The predicted octanol–water partition coefficient (Wildman–Crippen LogP) is 4.17. The van der Waals surface area contributed by atoms with Gasteiger partial charge in [-0.05, 0) is 32.1 Å². The van der Waals surface area contributed by atoms with Crippen molar-refractivity contribution in [3.05, 3.63) is 48.6 Å². The molecule has 0 bridgehead atoms. The molecule has 0 nitrogen and oxygen atoms in total. The molecule has 0 atom stereocenters. The third-order valence-corrected chi connectivity index (χ3v) is 2.03. The fraction of sp³-hybridized carbons (Fsp3) is 0.385. The average molecular weight is 277 g/mol. The van der Waals surface area contributed by atoms with E-state index in [-0.39, 0.29) is 19.5 Å². The molecule has 2 aliphatic carbocycles. The van der Waals surface area contributed by atoms with Crippen LogP contribution in [0, 0.1) is 0 Å². The molecule has 0 N–H and O–H groups in total. The van der Waals surface area contributed by atoms with Gasteiger partial charge in [0.2, 0.25) is 0 Å². The maximum absolute atomic E-state index is 2.23. The summed E-state index contributed by atoms with van der Waals surface area (Å²) in [6, 6.07) is 0. The molecule has 0 heterocycles. The van der Waals surface area contributed by atoms with E-state index in [9.17, 15) is 0 Å². The fourth-order valence-electron chi connectivity index (χ4n) is 1.27. The number of hydrogen-bond acceptors (Lipinski definition) is 0. The van der Waals surface area contributed by atoms with Crippen molar-refractivity contribution in [1.29, 1.82) is 0 Å². The van der Waals surface area contributed by atoms with Crippen LogP contribution < -0.4 is 0 Å². The molecule has 0 saturated carbocycles. The molecule has 0 aromatic carbocycles. The Labute approximate surface area is 100 Å². The molecule has 0 fully saturated rings. The van der Waals surface area contributed by atoms with Crippen molar-refractivity contribution in [3.8, 4) is 0 Å². The van der Waals surface area contributed by atoms with Crippen LogP contribution >= 0.6 is 0 Å². The van der Waals surface area contributed by atoms with Gasteiger partial charge >= 0.3 is 19.5 Å². The molecule has 0 aliphatic heterocycles. The second-order valence-corrected chi connectivity index (χ2v) is 3.23. The Kier molecular flexibility index (Phi) is 10.3. The monoisotopic (exact) mass is 277 g/mol. The minimum atomic E-state index is 0. The molecule has 0 saturated heterocycles. The van der Waals surface area contributed by atoms with E-state index in [2.05, 4.69) is 48.6 Å². The van der Waals surface area contributed by atoms with Crippen LogP contribution in [0.25, 0.3) is 0 Å². The van der Waals surface area contributed by atoms with E-state index in [1.54, 1.807) is 0 Å². The Hall–Kier alpha value is -0.417. The first-order valence-electron chi connectivity index (χ1n) is 5.13. The van der Waals surface area contributed by atoms with Crippen molar-refractivity contribution in [2.24, 2.45) is 0 Å². The molecule has 1 heteroatoms. The summed E-state index contributed by atoms with van der Waals surface area (Å²) < 4.78 is 0. The van der Waals surface area contributed by atoms with E-state index < -0.39 is 0 Å². The van der Waals surface area contributed by atoms with Crippen LogP contribution in [0.3, 0.4) is 0 Å². The molecule has 0 aromatic heterocycles. The van der Waals surface area contributed by atoms with Gasteiger partial charge in [0.05, 0.1) is 0 Å². The van der Waals surface area contributed by atoms with Crippen molar-refractivity contribution in [2.45, 2.75) is 32.1 Å². The van der Waals surface area contributed by atoms with Gasteiger partial charge in [-0.25, -0.2) is 0 Å². The van der Waals surface area contributed by atoms with Crippen LogP contribution in [0.15, 0.2) is 48.6 Å². The van der Waals surface area contributed by atoms with Crippen molar-refractivity contribution in [2.75, 3.05) is 0 Å². The Morgan fingerprint density at radius 2 is 1.00 bits per heavy atom. The van der Waals surface area contributed by atoms with Gasteiger partial charge in [-0.1, -0.05) is 48.6 Å². The van der Waals surface area contributed by atoms with Gasteiger partial charge in [-0.15, -0.1) is 0 Å². The Balaban J connectivity index is 0.000000246. The van der Waals surface area contributed by atoms with Crippen molar-refractivity contribution in [1.82, 2.24) is 0 Å². The molecule has 0 unspecified atom stereocenters. The summed E-state index contributed by atoms with van der Waals surface area (Å²) in [5.41, 5.74) is 0. The summed E-state index contributed by atoms with van der Waals surface area (Å²) in [6.45, 7) is 0. The van der Waals surface area contributed by atoms with Gasteiger partial charge in [0.1, 0.15) is 0 Å². The number of allylic oxidation sites excluding steroid dienone is 8. The zero-order valence-electron chi connectivity index (χ0n) is 8.49. The second kappa shape index (κ2) is 10.7. The first-order valence-corrected chi connectivity index (χ1v) is 5.13. The SMILES string of the molecule is C1=CCC=C1.C1=C\CCCC\C=C/1.[Rh+2]. The molecule has 14 heavy (non-hydrogen) atoms. The van der Waals surface area contributed by atoms with Crippen LogP contribution in [0.2, 0.25) is 0 Å². The van der Waals surface area contributed by atoms with E-state index in [0.29, 0.717) is 0 Å². The summed E-state index contributed by atoms with van der Waals surface area (Å²) >= 11 is 0. The Morgan fingerprint density at radius 3 is 1.36 bits per heavy atom. The predicted molar refractivity (Wildman–Crippen MR) is 59.6 cm³/mol. The van der Waals surface area contributed by atoms with E-state index >= 15 is 0 Å². The maximum atomic E-state index is 2.23. The van der Waals surface area contributed by atoms with Crippen molar-refractivity contribution < 1.29 is 19.5 Å². The summed E-state index contributed by atoms with van der Waals surface area (Å²) in [7, 11) is 0. The molecule has 2 rings (SSSR count). The van der Waals surface area contributed by atoms with Gasteiger partial charge < -0.3 is 0 Å². The molecule has 0 aromatic rings. The van der Waals surface area contributed by atoms with E-state index in [1.165, 1.54) is 25.7 Å². The number of hydrogen-bond donors (Lipinski definition) is 0. The number of rotatable bonds is 0. The summed E-state index contributed by atoms with van der Waals surface area (Å²) in [5.74, 6) is 0. The van der Waals surface area contributed by atoms with Crippen LogP contribution in [0.5, 0.6) is 0 Å². The van der Waals surface area contributed by atoms with E-state index in [1.807, 2.05) is 0 Å². The zero-order valence-corrected chi connectivity index (χ0v) is 10.1. The maximum Gasteiger partial charge on any atom is 2.00 e. The summed E-state index contributed by atoms with van der Waals surface area (Å²) in [4.78, 5) is 0. The van der Waals surface area contributed by atoms with Gasteiger partial charge in [-0.3, -0.25) is 0 Å². The first kappa shape index (κ1) is 13.6. The van der Waals surface area contributed by atoms with Crippen LogP contribution in [0.1, 0.15) is 32.1 Å². The quantitative estimate of drug-likeness (QED) is 0.583. The van der Waals surface area contributed by atoms with Crippen LogP contribution in [-0.2, 0) is 19.5 Å². The summed E-state index contributed by atoms with van der Waals surface area (Å²) in [5, 5.41) is 0. The van der Waals surface area contributed by atoms with Crippen molar-refractivity contribution in [3.63, 3.8) is 0 Å². The molecule has 77 valence electrons. The molecule has 0 amide bonds. The van der Waals surface area contributed by atoms with Gasteiger partial charge in [-0.2, -0.15) is 0 Å². The summed E-state index contributed by atoms with van der Waals surface area (Å²) in [6.07, 6.45) is 23.5. The Morgan fingerprint density at radius 1 is 0.571 bits per heavy atom.